The van der Waals surface area contributed by atoms with Crippen molar-refractivity contribution in [1.82, 2.24) is 10.2 Å². The number of rotatable bonds is 6. The van der Waals surface area contributed by atoms with Crippen molar-refractivity contribution in [3.05, 3.63) is 42.4 Å². The molecule has 7 heteroatoms. The second-order valence-electron chi connectivity index (χ2n) is 5.23. The van der Waals surface area contributed by atoms with Gasteiger partial charge in [0.2, 0.25) is 11.8 Å². The maximum Gasteiger partial charge on any atom is 0.330 e. The maximum atomic E-state index is 12.9. The van der Waals surface area contributed by atoms with Crippen LogP contribution in [0.25, 0.3) is 0 Å². The summed E-state index contributed by atoms with van der Waals surface area (Å²) in [4.78, 5) is 37.2. The highest BCUT2D eigenvalue weighted by atomic mass is 19.1. The summed E-state index contributed by atoms with van der Waals surface area (Å²) in [5.74, 6) is -2.92. The van der Waals surface area contributed by atoms with Crippen LogP contribution in [0.2, 0.25) is 0 Å². The third-order valence-corrected chi connectivity index (χ3v) is 3.48. The number of hydrogen-bond acceptors (Lipinski definition) is 4. The van der Waals surface area contributed by atoms with E-state index in [9.17, 15) is 18.8 Å². The molecule has 0 spiro atoms. The lowest BCUT2D eigenvalue weighted by atomic mass is 10.0. The Morgan fingerprint density at radius 1 is 1.30 bits per heavy atom. The predicted octanol–water partition coefficient (Wildman–Crippen LogP) is 2.25. The van der Waals surface area contributed by atoms with Crippen LogP contribution >= 0.6 is 0 Å². The monoisotopic (exact) mass is 319 g/mol. The number of nitrogens with zero attached hydrogens (tertiary/aromatic N) is 1. The summed E-state index contributed by atoms with van der Waals surface area (Å²) in [6.07, 6.45) is 1.46. The van der Waals surface area contributed by atoms with E-state index in [1.165, 1.54) is 24.3 Å². The van der Waals surface area contributed by atoms with Crippen LogP contribution in [0.4, 0.5) is 14.9 Å². The van der Waals surface area contributed by atoms with Crippen LogP contribution in [0.3, 0.4) is 0 Å². The van der Waals surface area contributed by atoms with Gasteiger partial charge in [-0.1, -0.05) is 19.9 Å². The van der Waals surface area contributed by atoms with Gasteiger partial charge in [0, 0.05) is 17.9 Å². The van der Waals surface area contributed by atoms with Crippen molar-refractivity contribution in [2.45, 2.75) is 19.8 Å². The zero-order valence-corrected chi connectivity index (χ0v) is 12.8. The van der Waals surface area contributed by atoms with Crippen LogP contribution < -0.4 is 10.6 Å². The van der Waals surface area contributed by atoms with Gasteiger partial charge in [-0.2, -0.15) is 0 Å². The third-order valence-electron chi connectivity index (χ3n) is 3.48. The van der Waals surface area contributed by atoms with E-state index >= 15 is 0 Å². The standard InChI is InChI=1S/C16H18FN3O3/c1-3-4-9-20-15(22)13(14(21)19-16(20)23)10(2)18-12-7-5-11(17)6-8-12/h5-8,13,18H,2-4,9H2,1H3,(H,19,21,23)/t13-/m0/s1. The molecule has 4 amide bonds. The van der Waals surface area contributed by atoms with Gasteiger partial charge in [0.15, 0.2) is 5.92 Å². The lowest BCUT2D eigenvalue weighted by molar-refractivity contribution is -0.140. The van der Waals surface area contributed by atoms with Crippen LogP contribution in [-0.2, 0) is 9.59 Å². The fraction of sp³-hybridized carbons (Fsp3) is 0.312. The average Bonchev–Trinajstić information content (AvgIpc) is 2.49. The number of unbranched alkanes of at least 4 members (excludes halogenated alkanes) is 1. The van der Waals surface area contributed by atoms with Crippen molar-refractivity contribution in [3.8, 4) is 0 Å². The first-order valence-corrected chi connectivity index (χ1v) is 7.31. The van der Waals surface area contributed by atoms with Crippen molar-refractivity contribution in [2.75, 3.05) is 11.9 Å². The minimum atomic E-state index is -1.20. The molecular formula is C16H18FN3O3. The highest BCUT2D eigenvalue weighted by Gasteiger charge is 2.41. The van der Waals surface area contributed by atoms with Gasteiger partial charge in [-0.25, -0.2) is 9.18 Å². The number of imide groups is 2. The number of anilines is 1. The zero-order valence-electron chi connectivity index (χ0n) is 12.8. The molecule has 0 saturated carbocycles. The van der Waals surface area contributed by atoms with Crippen LogP contribution in [0, 0.1) is 11.7 Å². The normalized spacial score (nSPS) is 17.9. The number of carbonyl (C=O) groups is 3. The number of hydrogen-bond donors (Lipinski definition) is 2. The van der Waals surface area contributed by atoms with Gasteiger partial charge in [0.1, 0.15) is 5.82 Å². The molecule has 23 heavy (non-hydrogen) atoms. The number of halogens is 1. The summed E-state index contributed by atoms with van der Waals surface area (Å²) < 4.78 is 12.9. The smallest absolute Gasteiger partial charge is 0.330 e. The lowest BCUT2D eigenvalue weighted by Crippen LogP contribution is -2.58. The second kappa shape index (κ2) is 7.04. The Morgan fingerprint density at radius 2 is 1.96 bits per heavy atom. The molecule has 0 bridgehead atoms. The van der Waals surface area contributed by atoms with Crippen molar-refractivity contribution in [1.29, 1.82) is 0 Å². The fourth-order valence-electron chi connectivity index (χ4n) is 2.24. The van der Waals surface area contributed by atoms with Crippen molar-refractivity contribution in [3.63, 3.8) is 0 Å². The highest BCUT2D eigenvalue weighted by Crippen LogP contribution is 2.21. The zero-order chi connectivity index (χ0) is 17.0. The Hall–Kier alpha value is -2.70. The Balaban J connectivity index is 2.13. The summed E-state index contributed by atoms with van der Waals surface area (Å²) in [6, 6.07) is 4.71. The van der Waals surface area contributed by atoms with Crippen molar-refractivity contribution >= 4 is 23.5 Å². The first-order chi connectivity index (χ1) is 10.9. The molecule has 1 aromatic carbocycles. The molecule has 2 rings (SSSR count). The summed E-state index contributed by atoms with van der Waals surface area (Å²) in [5, 5.41) is 4.97. The predicted molar refractivity (Wildman–Crippen MR) is 82.8 cm³/mol. The minimum Gasteiger partial charge on any atom is -0.358 e. The summed E-state index contributed by atoms with van der Waals surface area (Å²) in [7, 11) is 0. The Kier molecular flexibility index (Phi) is 5.10. The summed E-state index contributed by atoms with van der Waals surface area (Å²) in [5.41, 5.74) is 0.627. The highest BCUT2D eigenvalue weighted by molar-refractivity contribution is 6.17. The van der Waals surface area contributed by atoms with E-state index in [-0.39, 0.29) is 12.2 Å². The van der Waals surface area contributed by atoms with Crippen LogP contribution in [-0.4, -0.2) is 29.3 Å². The number of carbonyl (C=O) groups excluding carboxylic acids is 3. The molecule has 0 aliphatic carbocycles. The van der Waals surface area contributed by atoms with Crippen LogP contribution in [0.5, 0.6) is 0 Å². The quantitative estimate of drug-likeness (QED) is 0.788. The first kappa shape index (κ1) is 16.7. The molecular weight excluding hydrogens is 301 g/mol. The SMILES string of the molecule is C=C(Nc1ccc(F)cc1)[C@H]1C(=O)NC(=O)N(CCCC)C1=O. The van der Waals surface area contributed by atoms with E-state index < -0.39 is 29.6 Å². The molecule has 1 saturated heterocycles. The largest absolute Gasteiger partial charge is 0.358 e. The molecule has 1 aromatic rings. The lowest BCUT2D eigenvalue weighted by Gasteiger charge is -2.31. The van der Waals surface area contributed by atoms with E-state index in [1.54, 1.807) is 0 Å². The van der Waals surface area contributed by atoms with Gasteiger partial charge in [-0.3, -0.25) is 19.8 Å². The molecule has 1 aliphatic heterocycles. The van der Waals surface area contributed by atoms with Gasteiger partial charge in [-0.15, -0.1) is 0 Å². The number of nitrogens with one attached hydrogen (secondary N) is 2. The second-order valence-corrected chi connectivity index (χ2v) is 5.23. The molecule has 0 unspecified atom stereocenters. The third kappa shape index (κ3) is 3.74. The molecule has 1 heterocycles. The Labute approximate surface area is 133 Å². The van der Waals surface area contributed by atoms with Gasteiger partial charge in [0.05, 0.1) is 0 Å². The molecule has 1 aliphatic rings. The molecule has 6 nitrogen and oxygen atoms in total. The maximum absolute atomic E-state index is 12.9. The van der Waals surface area contributed by atoms with Crippen molar-refractivity contribution < 1.29 is 18.8 Å². The fourth-order valence-corrected chi connectivity index (χ4v) is 2.24. The molecule has 1 fully saturated rings. The number of urea groups is 1. The summed E-state index contributed by atoms with van der Waals surface area (Å²) >= 11 is 0. The minimum absolute atomic E-state index is 0.133. The molecule has 0 aromatic heterocycles. The topological polar surface area (TPSA) is 78.5 Å². The van der Waals surface area contributed by atoms with E-state index in [2.05, 4.69) is 17.2 Å². The molecule has 122 valence electrons. The van der Waals surface area contributed by atoms with Gasteiger partial charge in [0.25, 0.3) is 0 Å². The Morgan fingerprint density at radius 3 is 2.57 bits per heavy atom. The van der Waals surface area contributed by atoms with E-state index in [0.717, 1.165) is 11.3 Å². The van der Waals surface area contributed by atoms with Crippen LogP contribution in [0.1, 0.15) is 19.8 Å². The molecule has 0 radical (unpaired) electrons. The average molecular weight is 319 g/mol. The van der Waals surface area contributed by atoms with E-state index in [1.807, 2.05) is 6.92 Å². The number of barbiturate groups is 1. The van der Waals surface area contributed by atoms with E-state index in [4.69, 9.17) is 0 Å². The van der Waals surface area contributed by atoms with Gasteiger partial charge < -0.3 is 5.32 Å². The van der Waals surface area contributed by atoms with Gasteiger partial charge in [-0.05, 0) is 30.7 Å². The van der Waals surface area contributed by atoms with Crippen molar-refractivity contribution in [2.24, 2.45) is 5.92 Å². The first-order valence-electron chi connectivity index (χ1n) is 7.31. The summed E-state index contributed by atoms with van der Waals surface area (Å²) in [6.45, 7) is 5.89. The Bertz CT molecular complexity index is 642. The number of benzene rings is 1. The molecule has 1 atom stereocenters. The number of amides is 4. The van der Waals surface area contributed by atoms with Gasteiger partial charge >= 0.3 is 6.03 Å². The van der Waals surface area contributed by atoms with E-state index in [0.29, 0.717) is 12.1 Å². The van der Waals surface area contributed by atoms with Crippen LogP contribution in [0.15, 0.2) is 36.5 Å². The molecule has 2 N–H and O–H groups in total.